The second-order valence-electron chi connectivity index (χ2n) is 25.5. The van der Waals surface area contributed by atoms with Gasteiger partial charge in [0.15, 0.2) is 0 Å². The zero-order chi connectivity index (χ0) is 61.0. The molecular weight excluding hydrogens is 1140 g/mol. The van der Waals surface area contributed by atoms with Gasteiger partial charge in [-0.25, -0.2) is 0 Å². The van der Waals surface area contributed by atoms with E-state index in [1.807, 2.05) is 0 Å². The maximum absolute atomic E-state index is 2.53. The fourth-order valence-electron chi connectivity index (χ4n) is 17.1. The smallest absolute Gasteiger partial charge is 0.131 e. The molecule has 94 heavy (non-hydrogen) atoms. The van der Waals surface area contributed by atoms with Gasteiger partial charge in [0.1, 0.15) is 11.3 Å². The Morgan fingerprint density at radius 2 is 0.415 bits per heavy atom. The number of para-hydroxylation sites is 7. The van der Waals surface area contributed by atoms with Crippen molar-refractivity contribution in [1.82, 2.24) is 26.7 Å². The first-order valence-corrected chi connectivity index (χ1v) is 32.5. The molecule has 8 aromatic heterocycles. The average Bonchev–Trinajstić information content (AvgIpc) is 1.54. The van der Waals surface area contributed by atoms with Crippen LogP contribution in [0, 0.1) is 0 Å². The zero-order valence-corrected chi connectivity index (χ0v) is 50.7. The van der Waals surface area contributed by atoms with Crippen molar-refractivity contribution in [3.8, 4) is 22.5 Å². The molecule has 0 radical (unpaired) electrons. The van der Waals surface area contributed by atoms with Crippen LogP contribution in [0.25, 0.3) is 197 Å². The van der Waals surface area contributed by atoms with Crippen LogP contribution in [0.1, 0.15) is 0 Å². The highest BCUT2D eigenvalue weighted by molar-refractivity contribution is 6.28. The summed E-state index contributed by atoms with van der Waals surface area (Å²) in [5, 5.41) is 22.0. The average molecular weight is 1190 g/mol. The molecule has 0 aliphatic rings. The molecule has 0 aliphatic heterocycles. The lowest BCUT2D eigenvalue weighted by Crippen LogP contribution is -1.95. The van der Waals surface area contributed by atoms with Crippen LogP contribution >= 0.6 is 0 Å². The van der Waals surface area contributed by atoms with E-state index in [1.165, 1.54) is 147 Å². The molecule has 0 N–H and O–H groups in total. The SMILES string of the molecule is c1ccc2c(c1)c1ccccc1c1c3ccccc3n3c4cc(-n5c6ccccc6c6cc(-c7ccc8c(c7)c7ccccc7n8-c7ccc8c(c7)c7c9ccccc9n9c%10ccccc%10c%10ccccc%10c%10ccccc%10n8c79)ccc65)ccc4n(c4ccccc24)c13. The fourth-order valence-corrected chi connectivity index (χ4v) is 17.1. The molecular formula is C88H52N6. The van der Waals surface area contributed by atoms with Crippen LogP contribution in [-0.4, -0.2) is 26.7 Å². The van der Waals surface area contributed by atoms with Gasteiger partial charge in [0.2, 0.25) is 0 Å². The lowest BCUT2D eigenvalue weighted by molar-refractivity contribution is 1.18. The van der Waals surface area contributed by atoms with Gasteiger partial charge in [0.25, 0.3) is 0 Å². The molecule has 0 amide bonds. The van der Waals surface area contributed by atoms with Crippen LogP contribution in [0.5, 0.6) is 0 Å². The molecule has 0 fully saturated rings. The van der Waals surface area contributed by atoms with E-state index < -0.39 is 0 Å². The predicted octanol–water partition coefficient (Wildman–Crippen LogP) is 23.2. The Morgan fingerprint density at radius 1 is 0.149 bits per heavy atom. The van der Waals surface area contributed by atoms with Crippen LogP contribution in [0.3, 0.4) is 0 Å². The van der Waals surface area contributed by atoms with E-state index in [-0.39, 0.29) is 0 Å². The van der Waals surface area contributed by atoms with E-state index in [0.29, 0.717) is 0 Å². The Hall–Kier alpha value is -12.6. The first-order chi connectivity index (χ1) is 46.7. The molecule has 0 saturated carbocycles. The summed E-state index contributed by atoms with van der Waals surface area (Å²) in [6.45, 7) is 0. The minimum atomic E-state index is 1.11. The number of hydrogen-bond acceptors (Lipinski definition) is 0. The Kier molecular flexibility index (Phi) is 9.87. The molecule has 6 nitrogen and oxygen atoms in total. The number of benzene rings is 14. The Balaban J connectivity index is 0.741. The van der Waals surface area contributed by atoms with E-state index >= 15 is 0 Å². The highest BCUT2D eigenvalue weighted by Gasteiger charge is 2.25. The number of fused-ring (bicyclic) bond motifs is 32. The summed E-state index contributed by atoms with van der Waals surface area (Å²) >= 11 is 0. The topological polar surface area (TPSA) is 27.5 Å². The Bertz CT molecular complexity index is 6810. The summed E-state index contributed by atoms with van der Waals surface area (Å²) in [5.74, 6) is 0. The second-order valence-corrected chi connectivity index (χ2v) is 25.5. The minimum absolute atomic E-state index is 1.11. The second kappa shape index (κ2) is 18.5. The van der Waals surface area contributed by atoms with E-state index in [0.717, 1.165) is 50.3 Å². The van der Waals surface area contributed by atoms with Crippen molar-refractivity contribution >= 4 is 174 Å². The molecule has 0 spiro atoms. The lowest BCUT2D eigenvalue weighted by Gasteiger charge is -2.10. The quantitative estimate of drug-likeness (QED) is 0.169. The van der Waals surface area contributed by atoms with Gasteiger partial charge in [-0.05, 0) is 147 Å². The van der Waals surface area contributed by atoms with Gasteiger partial charge in [0, 0.05) is 76.0 Å². The van der Waals surface area contributed by atoms with E-state index in [9.17, 15) is 0 Å². The molecule has 22 aromatic rings. The normalized spacial score (nSPS) is 12.5. The van der Waals surface area contributed by atoms with Gasteiger partial charge in [-0.1, -0.05) is 212 Å². The highest BCUT2D eigenvalue weighted by Crippen LogP contribution is 2.46. The Labute approximate surface area is 535 Å². The first-order valence-electron chi connectivity index (χ1n) is 32.5. The van der Waals surface area contributed by atoms with E-state index in [2.05, 4.69) is 342 Å². The van der Waals surface area contributed by atoms with Gasteiger partial charge in [-0.2, -0.15) is 0 Å². The standard InChI is InChI=1S/C88H52N6/c1-2-22-58-57(21-1)61-25-5-6-31-67(61)85-68-32-12-20-40-79(68)94-84-52-56(44-48-83(84)93(87(85)94)77-38-18-9-26-62(58)77)90-74-35-15-11-30-66(74)71-50-54(42-46-81(71)90)53-41-45-80-70(49-53)65-29-10-14-34-73(65)89(80)55-43-47-82-72(51-55)86-69-33-13-19-39-78(69)91-75-36-16-7-27-63(75)59-23-3-4-24-60(59)64-28-8-17-37-76(64)92(82)88(86)91/h1-52H. The van der Waals surface area contributed by atoms with E-state index in [1.54, 1.807) is 0 Å². The molecule has 434 valence electrons. The van der Waals surface area contributed by atoms with Crippen molar-refractivity contribution < 1.29 is 0 Å². The molecule has 0 atom stereocenters. The number of aromatic nitrogens is 6. The minimum Gasteiger partial charge on any atom is -0.309 e. The van der Waals surface area contributed by atoms with Crippen molar-refractivity contribution in [3.63, 3.8) is 0 Å². The summed E-state index contributed by atoms with van der Waals surface area (Å²) in [6, 6.07) is 118. The van der Waals surface area contributed by atoms with E-state index in [4.69, 9.17) is 0 Å². The molecule has 8 heterocycles. The molecule has 0 aliphatic carbocycles. The van der Waals surface area contributed by atoms with Gasteiger partial charge >= 0.3 is 0 Å². The maximum atomic E-state index is 2.53. The maximum Gasteiger partial charge on any atom is 0.131 e. The third kappa shape index (κ3) is 6.52. The van der Waals surface area contributed by atoms with Crippen LogP contribution in [0.4, 0.5) is 0 Å². The first kappa shape index (κ1) is 50.1. The van der Waals surface area contributed by atoms with Crippen LogP contribution in [0.2, 0.25) is 0 Å². The van der Waals surface area contributed by atoms with Crippen molar-refractivity contribution in [2.75, 3.05) is 0 Å². The van der Waals surface area contributed by atoms with Crippen LogP contribution in [-0.2, 0) is 0 Å². The lowest BCUT2D eigenvalue weighted by atomic mass is 10.0. The summed E-state index contributed by atoms with van der Waals surface area (Å²) in [6.07, 6.45) is 0. The highest BCUT2D eigenvalue weighted by atomic mass is 15.1. The van der Waals surface area contributed by atoms with Gasteiger partial charge in [0.05, 0.1) is 66.2 Å². The molecule has 14 aromatic carbocycles. The third-order valence-corrected chi connectivity index (χ3v) is 20.9. The van der Waals surface area contributed by atoms with Gasteiger partial charge in [-0.3, -0.25) is 17.6 Å². The predicted molar refractivity (Wildman–Crippen MR) is 397 cm³/mol. The monoisotopic (exact) mass is 1190 g/mol. The fraction of sp³-hybridized carbons (Fsp3) is 0. The third-order valence-electron chi connectivity index (χ3n) is 20.9. The largest absolute Gasteiger partial charge is 0.309 e. The molecule has 22 rings (SSSR count). The number of rotatable bonds is 3. The van der Waals surface area contributed by atoms with Gasteiger partial charge in [-0.15, -0.1) is 0 Å². The number of hydrogen-bond donors (Lipinski definition) is 0. The molecule has 0 bridgehead atoms. The summed E-state index contributed by atoms with van der Waals surface area (Å²) in [5.41, 5.74) is 20.9. The van der Waals surface area contributed by atoms with Crippen LogP contribution in [0.15, 0.2) is 315 Å². The summed E-state index contributed by atoms with van der Waals surface area (Å²) in [4.78, 5) is 0. The molecule has 0 unspecified atom stereocenters. The Morgan fingerprint density at radius 3 is 0.862 bits per heavy atom. The van der Waals surface area contributed by atoms with Crippen molar-refractivity contribution in [1.29, 1.82) is 0 Å². The van der Waals surface area contributed by atoms with Crippen LogP contribution < -0.4 is 0 Å². The molecule has 6 heteroatoms. The van der Waals surface area contributed by atoms with Crippen molar-refractivity contribution in [2.24, 2.45) is 0 Å². The number of nitrogens with zero attached hydrogens (tertiary/aromatic N) is 6. The van der Waals surface area contributed by atoms with Crippen molar-refractivity contribution in [2.45, 2.75) is 0 Å². The van der Waals surface area contributed by atoms with Gasteiger partial charge < -0.3 is 9.13 Å². The summed E-state index contributed by atoms with van der Waals surface area (Å²) in [7, 11) is 0. The summed E-state index contributed by atoms with van der Waals surface area (Å²) < 4.78 is 15.1. The zero-order valence-electron chi connectivity index (χ0n) is 50.7. The molecule has 0 saturated heterocycles. The van der Waals surface area contributed by atoms with Crippen molar-refractivity contribution in [3.05, 3.63) is 315 Å². The number of imidazole rings is 1.